The van der Waals surface area contributed by atoms with Crippen molar-refractivity contribution in [3.8, 4) is 11.5 Å². The number of anilines is 3. The summed E-state index contributed by atoms with van der Waals surface area (Å²) in [5.74, 6) is 1.09. The Labute approximate surface area is 162 Å². The zero-order valence-electron chi connectivity index (χ0n) is 15.4. The van der Waals surface area contributed by atoms with Gasteiger partial charge in [0, 0.05) is 18.8 Å². The van der Waals surface area contributed by atoms with E-state index in [9.17, 15) is 8.78 Å². The van der Waals surface area contributed by atoms with Crippen LogP contribution < -0.4 is 15.0 Å². The Morgan fingerprint density at radius 2 is 1.61 bits per heavy atom. The van der Waals surface area contributed by atoms with Crippen molar-refractivity contribution in [1.29, 1.82) is 0 Å². The molecule has 0 bridgehead atoms. The summed E-state index contributed by atoms with van der Waals surface area (Å²) >= 11 is 0. The van der Waals surface area contributed by atoms with E-state index in [0.717, 1.165) is 25.9 Å². The molecule has 6 heteroatoms. The van der Waals surface area contributed by atoms with Crippen LogP contribution in [0.15, 0.2) is 60.8 Å². The lowest BCUT2D eigenvalue weighted by Crippen LogP contribution is -2.30. The summed E-state index contributed by atoms with van der Waals surface area (Å²) in [7, 11) is 0. The average molecular weight is 381 g/mol. The highest BCUT2D eigenvalue weighted by Crippen LogP contribution is 2.27. The van der Waals surface area contributed by atoms with Crippen molar-refractivity contribution in [2.45, 2.75) is 19.3 Å². The second kappa shape index (κ2) is 8.25. The number of hydrogen-bond donors (Lipinski definition) is 1. The maximum atomic E-state index is 14.5. The summed E-state index contributed by atoms with van der Waals surface area (Å²) in [4.78, 5) is 6.39. The Bertz CT molecular complexity index is 924. The molecule has 28 heavy (non-hydrogen) atoms. The molecular formula is C22H21F2N3O. The predicted molar refractivity (Wildman–Crippen MR) is 106 cm³/mol. The van der Waals surface area contributed by atoms with Crippen molar-refractivity contribution in [2.24, 2.45) is 0 Å². The molecule has 1 N–H and O–H groups in total. The number of hydrogen-bond acceptors (Lipinski definition) is 4. The summed E-state index contributed by atoms with van der Waals surface area (Å²) in [5, 5.41) is 3.10. The predicted octanol–water partition coefficient (Wildman–Crippen LogP) is 5.89. The van der Waals surface area contributed by atoms with Gasteiger partial charge in [0.2, 0.25) is 0 Å². The number of pyridine rings is 1. The van der Waals surface area contributed by atoms with Gasteiger partial charge in [-0.15, -0.1) is 0 Å². The van der Waals surface area contributed by atoms with Gasteiger partial charge in [-0.2, -0.15) is 0 Å². The molecule has 0 saturated carbocycles. The molecule has 1 saturated heterocycles. The van der Waals surface area contributed by atoms with Crippen LogP contribution in [0.3, 0.4) is 0 Å². The summed E-state index contributed by atoms with van der Waals surface area (Å²) in [6.45, 7) is 1.81. The largest absolute Gasteiger partial charge is 0.456 e. The number of rotatable bonds is 5. The maximum absolute atomic E-state index is 14.5. The molecule has 2 heterocycles. The van der Waals surface area contributed by atoms with Crippen LogP contribution in [0.4, 0.5) is 26.0 Å². The van der Waals surface area contributed by atoms with E-state index >= 15 is 0 Å². The lowest BCUT2D eigenvalue weighted by molar-refractivity contribution is 0.478. The second-order valence-corrected chi connectivity index (χ2v) is 6.77. The standard InChI is InChI=1S/C22H21F2N3O/c23-16-4-7-18(8-5-16)28-19-9-11-22(25-15-19)26-17-6-10-21(20(24)14-17)27-12-2-1-3-13-27/h4-11,14-15H,1-3,12-13H2,(H,25,26). The highest BCUT2D eigenvalue weighted by Gasteiger charge is 2.15. The van der Waals surface area contributed by atoms with Crippen LogP contribution in [-0.4, -0.2) is 18.1 Å². The molecular weight excluding hydrogens is 360 g/mol. The van der Waals surface area contributed by atoms with Crippen LogP contribution in [0.5, 0.6) is 11.5 Å². The van der Waals surface area contributed by atoms with Gasteiger partial charge >= 0.3 is 0 Å². The SMILES string of the molecule is Fc1ccc(Oc2ccc(Nc3ccc(N4CCCCC4)c(F)c3)nc2)cc1. The summed E-state index contributed by atoms with van der Waals surface area (Å²) < 4.78 is 33.1. The summed E-state index contributed by atoms with van der Waals surface area (Å²) in [6.07, 6.45) is 4.99. The van der Waals surface area contributed by atoms with Gasteiger partial charge in [-0.1, -0.05) is 0 Å². The number of nitrogens with zero attached hydrogens (tertiary/aromatic N) is 2. The topological polar surface area (TPSA) is 37.4 Å². The van der Waals surface area contributed by atoms with Gasteiger partial charge in [0.15, 0.2) is 0 Å². The average Bonchev–Trinajstić information content (AvgIpc) is 2.72. The van der Waals surface area contributed by atoms with Gasteiger partial charge in [-0.05, 0) is 73.9 Å². The molecule has 4 rings (SSSR count). The highest BCUT2D eigenvalue weighted by molar-refractivity contribution is 5.62. The molecule has 0 radical (unpaired) electrons. The zero-order valence-corrected chi connectivity index (χ0v) is 15.4. The van der Waals surface area contributed by atoms with Crippen LogP contribution in [0.25, 0.3) is 0 Å². The van der Waals surface area contributed by atoms with Crippen molar-refractivity contribution in [3.05, 3.63) is 72.4 Å². The van der Waals surface area contributed by atoms with Crippen molar-refractivity contribution in [2.75, 3.05) is 23.3 Å². The van der Waals surface area contributed by atoms with Crippen LogP contribution in [-0.2, 0) is 0 Å². The fourth-order valence-electron chi connectivity index (χ4n) is 3.28. The van der Waals surface area contributed by atoms with E-state index in [1.54, 1.807) is 30.5 Å². The molecule has 1 aromatic heterocycles. The number of nitrogens with one attached hydrogen (secondary N) is 1. The number of piperidine rings is 1. The normalized spacial score (nSPS) is 14.0. The first-order valence-electron chi connectivity index (χ1n) is 9.38. The third-order valence-electron chi connectivity index (χ3n) is 4.70. The number of benzene rings is 2. The van der Waals surface area contributed by atoms with Gasteiger partial charge in [-0.3, -0.25) is 0 Å². The quantitative estimate of drug-likeness (QED) is 0.598. The van der Waals surface area contributed by atoms with Gasteiger partial charge < -0.3 is 15.0 Å². The first-order valence-corrected chi connectivity index (χ1v) is 9.38. The minimum atomic E-state index is -0.316. The van der Waals surface area contributed by atoms with Crippen molar-refractivity contribution < 1.29 is 13.5 Å². The van der Waals surface area contributed by atoms with E-state index in [4.69, 9.17) is 4.74 Å². The Kier molecular flexibility index (Phi) is 5.37. The molecule has 1 aliphatic heterocycles. The van der Waals surface area contributed by atoms with Crippen LogP contribution in [0, 0.1) is 11.6 Å². The highest BCUT2D eigenvalue weighted by atomic mass is 19.1. The van der Waals surface area contributed by atoms with Crippen LogP contribution >= 0.6 is 0 Å². The fourth-order valence-corrected chi connectivity index (χ4v) is 3.28. The van der Waals surface area contributed by atoms with E-state index in [1.807, 2.05) is 12.1 Å². The minimum Gasteiger partial charge on any atom is -0.456 e. The molecule has 3 aromatic rings. The van der Waals surface area contributed by atoms with Gasteiger partial charge in [0.1, 0.15) is 29.0 Å². The Morgan fingerprint density at radius 1 is 0.857 bits per heavy atom. The number of aromatic nitrogens is 1. The molecule has 1 aliphatic rings. The van der Waals surface area contributed by atoms with E-state index in [1.165, 1.54) is 24.6 Å². The molecule has 4 nitrogen and oxygen atoms in total. The van der Waals surface area contributed by atoms with Crippen molar-refractivity contribution in [1.82, 2.24) is 4.98 Å². The molecule has 0 amide bonds. The lowest BCUT2D eigenvalue weighted by Gasteiger charge is -2.29. The zero-order chi connectivity index (χ0) is 19.3. The summed E-state index contributed by atoms with van der Waals surface area (Å²) in [6, 6.07) is 14.4. The van der Waals surface area contributed by atoms with E-state index < -0.39 is 0 Å². The molecule has 2 aromatic carbocycles. The maximum Gasteiger partial charge on any atom is 0.148 e. The monoisotopic (exact) mass is 381 g/mol. The molecule has 0 unspecified atom stereocenters. The minimum absolute atomic E-state index is 0.233. The van der Waals surface area contributed by atoms with Crippen LogP contribution in [0.2, 0.25) is 0 Å². The molecule has 0 aliphatic carbocycles. The van der Waals surface area contributed by atoms with Gasteiger partial charge in [0.05, 0.1) is 11.9 Å². The molecule has 0 atom stereocenters. The Balaban J connectivity index is 1.41. The number of halogens is 2. The first kappa shape index (κ1) is 18.2. The third-order valence-corrected chi connectivity index (χ3v) is 4.70. The number of ether oxygens (including phenoxy) is 1. The second-order valence-electron chi connectivity index (χ2n) is 6.77. The fraction of sp³-hybridized carbons (Fsp3) is 0.227. The Hall–Kier alpha value is -3.15. The Morgan fingerprint density at radius 3 is 2.29 bits per heavy atom. The first-order chi connectivity index (χ1) is 13.7. The van der Waals surface area contributed by atoms with E-state index in [-0.39, 0.29) is 11.6 Å². The van der Waals surface area contributed by atoms with Gasteiger partial charge in [0.25, 0.3) is 0 Å². The summed E-state index contributed by atoms with van der Waals surface area (Å²) in [5.41, 5.74) is 1.29. The van der Waals surface area contributed by atoms with Crippen LogP contribution in [0.1, 0.15) is 19.3 Å². The van der Waals surface area contributed by atoms with E-state index in [2.05, 4.69) is 15.2 Å². The smallest absolute Gasteiger partial charge is 0.148 e. The van der Waals surface area contributed by atoms with Gasteiger partial charge in [-0.25, -0.2) is 13.8 Å². The van der Waals surface area contributed by atoms with E-state index in [0.29, 0.717) is 28.7 Å². The molecule has 144 valence electrons. The molecule has 1 fully saturated rings. The lowest BCUT2D eigenvalue weighted by atomic mass is 10.1. The third kappa shape index (κ3) is 4.39. The molecule has 0 spiro atoms. The van der Waals surface area contributed by atoms with Crippen molar-refractivity contribution >= 4 is 17.2 Å². The van der Waals surface area contributed by atoms with Crippen molar-refractivity contribution in [3.63, 3.8) is 0 Å².